The van der Waals surface area contributed by atoms with Crippen LogP contribution >= 0.6 is 0 Å². The Morgan fingerprint density at radius 1 is 1.39 bits per heavy atom. The monoisotopic (exact) mass is 250 g/mol. The number of likely N-dealkylation sites (tertiary alicyclic amines) is 1. The van der Waals surface area contributed by atoms with Crippen LogP contribution in [0.25, 0.3) is 0 Å². The number of halogens is 1. The van der Waals surface area contributed by atoms with Gasteiger partial charge in [-0.05, 0) is 43.0 Å². The van der Waals surface area contributed by atoms with E-state index in [1.807, 2.05) is 11.8 Å². The van der Waals surface area contributed by atoms with E-state index in [0.29, 0.717) is 13.1 Å². The molecule has 98 valence electrons. The van der Waals surface area contributed by atoms with Crippen molar-refractivity contribution in [3.8, 4) is 0 Å². The summed E-state index contributed by atoms with van der Waals surface area (Å²) in [6, 6.07) is 4.73. The number of rotatable bonds is 4. The first-order valence-corrected chi connectivity index (χ1v) is 6.40. The molecule has 0 saturated carbocycles. The Morgan fingerprint density at radius 3 is 2.83 bits per heavy atom. The minimum atomic E-state index is -0.233. The first-order chi connectivity index (χ1) is 8.66. The largest absolute Gasteiger partial charge is 0.342 e. The molecule has 1 N–H and O–H groups in total. The number of benzene rings is 1. The fourth-order valence-corrected chi connectivity index (χ4v) is 2.21. The molecule has 2 rings (SSSR count). The van der Waals surface area contributed by atoms with Crippen LogP contribution in [0.1, 0.15) is 24.0 Å². The Morgan fingerprint density at radius 2 is 2.11 bits per heavy atom. The number of nitrogens with one attached hydrogen (secondary N) is 1. The van der Waals surface area contributed by atoms with Gasteiger partial charge in [-0.25, -0.2) is 4.39 Å². The Hall–Kier alpha value is -1.42. The molecule has 0 atom stereocenters. The molecular formula is C14H19FN2O. The summed E-state index contributed by atoms with van der Waals surface area (Å²) >= 11 is 0. The van der Waals surface area contributed by atoms with Crippen LogP contribution in [0.2, 0.25) is 0 Å². The zero-order valence-electron chi connectivity index (χ0n) is 10.7. The summed E-state index contributed by atoms with van der Waals surface area (Å²) in [5.41, 5.74) is 1.95. The van der Waals surface area contributed by atoms with Gasteiger partial charge >= 0.3 is 0 Å². The molecule has 1 aliphatic heterocycles. The molecule has 0 aliphatic carbocycles. The van der Waals surface area contributed by atoms with Crippen LogP contribution in [0.4, 0.5) is 4.39 Å². The molecule has 1 aliphatic rings. The fourth-order valence-electron chi connectivity index (χ4n) is 2.21. The molecule has 1 saturated heterocycles. The van der Waals surface area contributed by atoms with Gasteiger partial charge in [0.25, 0.3) is 0 Å². The van der Waals surface area contributed by atoms with Crippen molar-refractivity contribution >= 4 is 5.91 Å². The van der Waals surface area contributed by atoms with E-state index in [1.165, 1.54) is 12.1 Å². The first-order valence-electron chi connectivity index (χ1n) is 6.40. The molecule has 0 spiro atoms. The Balaban J connectivity index is 1.81. The summed E-state index contributed by atoms with van der Waals surface area (Å²) in [5.74, 6) is -0.0928. The van der Waals surface area contributed by atoms with Crippen molar-refractivity contribution in [1.29, 1.82) is 0 Å². The number of hydrogen-bond donors (Lipinski definition) is 1. The molecule has 0 radical (unpaired) electrons. The predicted octanol–water partition coefficient (Wildman–Crippen LogP) is 1.85. The van der Waals surface area contributed by atoms with Crippen molar-refractivity contribution in [2.45, 2.75) is 26.3 Å². The topological polar surface area (TPSA) is 32.3 Å². The summed E-state index contributed by atoms with van der Waals surface area (Å²) in [4.78, 5) is 13.7. The average Bonchev–Trinajstić information content (AvgIpc) is 2.87. The number of hydrogen-bond acceptors (Lipinski definition) is 2. The van der Waals surface area contributed by atoms with E-state index in [1.54, 1.807) is 6.07 Å². The number of aryl methyl sites for hydroxylation is 1. The van der Waals surface area contributed by atoms with Gasteiger partial charge in [-0.15, -0.1) is 0 Å². The lowest BCUT2D eigenvalue weighted by Crippen LogP contribution is -2.36. The molecular weight excluding hydrogens is 231 g/mol. The standard InChI is InChI=1S/C14H19FN2O/c1-11-4-5-13(15)8-12(11)9-16-10-14(18)17-6-2-3-7-17/h4-5,8,16H,2-3,6-7,9-10H2,1H3. The highest BCUT2D eigenvalue weighted by Gasteiger charge is 2.16. The predicted molar refractivity (Wildman–Crippen MR) is 68.7 cm³/mol. The molecule has 3 nitrogen and oxygen atoms in total. The lowest BCUT2D eigenvalue weighted by atomic mass is 10.1. The summed E-state index contributed by atoms with van der Waals surface area (Å²) in [7, 11) is 0. The summed E-state index contributed by atoms with van der Waals surface area (Å²) in [5, 5.41) is 3.09. The third-order valence-corrected chi connectivity index (χ3v) is 3.36. The van der Waals surface area contributed by atoms with E-state index in [0.717, 1.165) is 37.1 Å². The second-order valence-electron chi connectivity index (χ2n) is 4.76. The highest BCUT2D eigenvalue weighted by atomic mass is 19.1. The number of carbonyl (C=O) groups is 1. The second kappa shape index (κ2) is 5.96. The van der Waals surface area contributed by atoms with Gasteiger partial charge in [0, 0.05) is 19.6 Å². The SMILES string of the molecule is Cc1ccc(F)cc1CNCC(=O)N1CCCC1. The van der Waals surface area contributed by atoms with Gasteiger partial charge in [0.15, 0.2) is 0 Å². The number of nitrogens with zero attached hydrogens (tertiary/aromatic N) is 1. The lowest BCUT2D eigenvalue weighted by molar-refractivity contribution is -0.129. The van der Waals surface area contributed by atoms with Crippen LogP contribution in [-0.2, 0) is 11.3 Å². The molecule has 1 aromatic carbocycles. The lowest BCUT2D eigenvalue weighted by Gasteiger charge is -2.15. The van der Waals surface area contributed by atoms with Gasteiger partial charge < -0.3 is 10.2 Å². The van der Waals surface area contributed by atoms with Crippen molar-refractivity contribution in [3.63, 3.8) is 0 Å². The van der Waals surface area contributed by atoms with Crippen LogP contribution in [0.3, 0.4) is 0 Å². The summed E-state index contributed by atoms with van der Waals surface area (Å²) in [6.07, 6.45) is 2.21. The molecule has 0 unspecified atom stereocenters. The maximum absolute atomic E-state index is 13.1. The van der Waals surface area contributed by atoms with Crippen LogP contribution in [0.5, 0.6) is 0 Å². The van der Waals surface area contributed by atoms with Gasteiger partial charge in [-0.2, -0.15) is 0 Å². The second-order valence-corrected chi connectivity index (χ2v) is 4.76. The Bertz CT molecular complexity index is 428. The van der Waals surface area contributed by atoms with Gasteiger partial charge in [0.05, 0.1) is 6.54 Å². The first kappa shape index (κ1) is 13.0. The molecule has 4 heteroatoms. The minimum Gasteiger partial charge on any atom is -0.342 e. The molecule has 1 aromatic rings. The van der Waals surface area contributed by atoms with Crippen molar-refractivity contribution in [2.24, 2.45) is 0 Å². The van der Waals surface area contributed by atoms with Crippen molar-refractivity contribution < 1.29 is 9.18 Å². The number of carbonyl (C=O) groups excluding carboxylic acids is 1. The molecule has 0 aromatic heterocycles. The summed E-state index contributed by atoms with van der Waals surface area (Å²) < 4.78 is 13.1. The molecule has 1 amide bonds. The maximum Gasteiger partial charge on any atom is 0.236 e. The normalized spacial score (nSPS) is 15.1. The minimum absolute atomic E-state index is 0.140. The van der Waals surface area contributed by atoms with Crippen molar-refractivity contribution in [1.82, 2.24) is 10.2 Å². The zero-order chi connectivity index (χ0) is 13.0. The Labute approximate surface area is 107 Å². The Kier molecular flexibility index (Phi) is 4.31. The van der Waals surface area contributed by atoms with Crippen molar-refractivity contribution in [3.05, 3.63) is 35.1 Å². The van der Waals surface area contributed by atoms with Gasteiger partial charge in [0.2, 0.25) is 5.91 Å². The van der Waals surface area contributed by atoms with E-state index in [2.05, 4.69) is 5.32 Å². The zero-order valence-corrected chi connectivity index (χ0v) is 10.7. The molecule has 1 heterocycles. The quantitative estimate of drug-likeness (QED) is 0.884. The van der Waals surface area contributed by atoms with E-state index in [9.17, 15) is 9.18 Å². The van der Waals surface area contributed by atoms with E-state index in [4.69, 9.17) is 0 Å². The average molecular weight is 250 g/mol. The molecule has 18 heavy (non-hydrogen) atoms. The highest BCUT2D eigenvalue weighted by Crippen LogP contribution is 2.10. The molecule has 1 fully saturated rings. The van der Waals surface area contributed by atoms with Crippen LogP contribution < -0.4 is 5.32 Å². The smallest absolute Gasteiger partial charge is 0.236 e. The van der Waals surface area contributed by atoms with Crippen molar-refractivity contribution in [2.75, 3.05) is 19.6 Å². The maximum atomic E-state index is 13.1. The van der Waals surface area contributed by atoms with Gasteiger partial charge in [0.1, 0.15) is 5.82 Å². The third-order valence-electron chi connectivity index (χ3n) is 3.36. The van der Waals surface area contributed by atoms with E-state index < -0.39 is 0 Å². The van der Waals surface area contributed by atoms with Crippen LogP contribution in [0.15, 0.2) is 18.2 Å². The van der Waals surface area contributed by atoms with Crippen LogP contribution in [0, 0.1) is 12.7 Å². The fraction of sp³-hybridized carbons (Fsp3) is 0.500. The van der Waals surface area contributed by atoms with Gasteiger partial charge in [-0.1, -0.05) is 6.07 Å². The number of amides is 1. The highest BCUT2D eigenvalue weighted by molar-refractivity contribution is 5.78. The summed E-state index contributed by atoms with van der Waals surface area (Å²) in [6.45, 7) is 4.55. The molecule has 0 bridgehead atoms. The van der Waals surface area contributed by atoms with Gasteiger partial charge in [-0.3, -0.25) is 4.79 Å². The van der Waals surface area contributed by atoms with Crippen LogP contribution in [-0.4, -0.2) is 30.4 Å². The third kappa shape index (κ3) is 3.29. The van der Waals surface area contributed by atoms with E-state index >= 15 is 0 Å². The van der Waals surface area contributed by atoms with E-state index in [-0.39, 0.29) is 11.7 Å².